The Bertz CT molecular complexity index is 561. The Balaban J connectivity index is 1.89. The van der Waals surface area contributed by atoms with Crippen LogP contribution < -0.4 is 10.6 Å². The molecule has 1 aromatic rings. The Morgan fingerprint density at radius 3 is 2.55 bits per heavy atom. The minimum absolute atomic E-state index is 0.0110. The number of rotatable bonds is 4. The molecule has 1 aliphatic rings. The average molecular weight is 296 g/mol. The van der Waals surface area contributed by atoms with E-state index in [-0.39, 0.29) is 11.9 Å². The summed E-state index contributed by atoms with van der Waals surface area (Å²) in [5, 5.41) is 6.07. The Hall–Kier alpha value is -1.40. The summed E-state index contributed by atoms with van der Waals surface area (Å²) in [7, 11) is -3.17. The highest BCUT2D eigenvalue weighted by Crippen LogP contribution is 2.11. The number of hydrogen-bond donors (Lipinski definition) is 2. The fourth-order valence-corrected chi connectivity index (χ4v) is 2.87. The molecular weight excluding hydrogens is 276 g/mol. The van der Waals surface area contributed by atoms with Gasteiger partial charge in [0.15, 0.2) is 9.84 Å². The Kier molecular flexibility index (Phi) is 4.77. The molecule has 0 unspecified atom stereocenters. The molecule has 2 N–H and O–H groups in total. The smallest absolute Gasteiger partial charge is 0.237 e. The minimum atomic E-state index is -3.17. The first-order valence-corrected chi connectivity index (χ1v) is 8.66. The maximum atomic E-state index is 11.9. The zero-order valence-electron chi connectivity index (χ0n) is 11.6. The third-order valence-corrected chi connectivity index (χ3v) is 4.57. The number of piperidine rings is 1. The largest absolute Gasteiger partial charge is 0.351 e. The predicted molar refractivity (Wildman–Crippen MR) is 77.0 cm³/mol. The van der Waals surface area contributed by atoms with Crippen LogP contribution >= 0.6 is 0 Å². The molecule has 1 amide bonds. The van der Waals surface area contributed by atoms with Gasteiger partial charge in [0.2, 0.25) is 5.91 Å². The molecule has 1 aliphatic heterocycles. The molecule has 1 heterocycles. The van der Waals surface area contributed by atoms with Crippen molar-refractivity contribution in [3.8, 4) is 0 Å². The fraction of sp³-hybridized carbons (Fsp3) is 0.500. The summed E-state index contributed by atoms with van der Waals surface area (Å²) in [6.07, 6.45) is 4.25. The van der Waals surface area contributed by atoms with E-state index in [1.54, 1.807) is 24.3 Å². The van der Waals surface area contributed by atoms with E-state index < -0.39 is 9.84 Å². The average Bonchev–Trinajstić information content (AvgIpc) is 2.45. The van der Waals surface area contributed by atoms with E-state index in [1.807, 2.05) is 0 Å². The van der Waals surface area contributed by atoms with Crippen LogP contribution in [0.4, 0.5) is 0 Å². The van der Waals surface area contributed by atoms with Crippen molar-refractivity contribution in [3.63, 3.8) is 0 Å². The van der Waals surface area contributed by atoms with Gasteiger partial charge in [0.05, 0.1) is 10.9 Å². The van der Waals surface area contributed by atoms with E-state index in [0.717, 1.165) is 31.4 Å². The molecule has 0 saturated carbocycles. The summed E-state index contributed by atoms with van der Waals surface area (Å²) in [6, 6.07) is 6.49. The van der Waals surface area contributed by atoms with Gasteiger partial charge in [0.25, 0.3) is 0 Å². The van der Waals surface area contributed by atoms with Crippen molar-refractivity contribution in [2.45, 2.75) is 36.7 Å². The van der Waals surface area contributed by atoms with Gasteiger partial charge in [-0.05, 0) is 37.1 Å². The zero-order chi connectivity index (χ0) is 14.6. The van der Waals surface area contributed by atoms with Crippen LogP contribution in [0.5, 0.6) is 0 Å². The van der Waals surface area contributed by atoms with Crippen molar-refractivity contribution in [1.82, 2.24) is 10.6 Å². The molecule has 20 heavy (non-hydrogen) atoms. The van der Waals surface area contributed by atoms with Crippen molar-refractivity contribution < 1.29 is 13.2 Å². The molecule has 1 atom stereocenters. The molecule has 0 aromatic heterocycles. The predicted octanol–water partition coefficient (Wildman–Crippen LogP) is 0.848. The molecule has 5 nitrogen and oxygen atoms in total. The first-order chi connectivity index (χ1) is 9.47. The number of carbonyl (C=O) groups is 1. The summed E-state index contributed by atoms with van der Waals surface area (Å²) < 4.78 is 22.7. The van der Waals surface area contributed by atoms with Gasteiger partial charge in [-0.25, -0.2) is 8.42 Å². The maximum absolute atomic E-state index is 11.9. The Morgan fingerprint density at radius 2 is 2.00 bits per heavy atom. The lowest BCUT2D eigenvalue weighted by Crippen LogP contribution is -2.46. The number of benzene rings is 1. The van der Waals surface area contributed by atoms with Crippen molar-refractivity contribution in [2.24, 2.45) is 0 Å². The van der Waals surface area contributed by atoms with Crippen molar-refractivity contribution in [1.29, 1.82) is 0 Å². The lowest BCUT2D eigenvalue weighted by Gasteiger charge is -2.22. The number of hydrogen-bond acceptors (Lipinski definition) is 4. The Labute approximate surface area is 119 Å². The number of nitrogens with one attached hydrogen (secondary N) is 2. The standard InChI is InChI=1S/C14H20N2O3S/c1-20(18,19)12-7-5-11(6-8-12)10-16-14(17)13-4-2-3-9-15-13/h5-8,13,15H,2-4,9-10H2,1H3,(H,16,17)/t13-/m1/s1. The van der Waals surface area contributed by atoms with E-state index in [0.29, 0.717) is 11.4 Å². The number of amides is 1. The van der Waals surface area contributed by atoms with E-state index in [4.69, 9.17) is 0 Å². The van der Waals surface area contributed by atoms with Crippen LogP contribution in [0, 0.1) is 0 Å². The van der Waals surface area contributed by atoms with Crippen molar-refractivity contribution in [2.75, 3.05) is 12.8 Å². The summed E-state index contributed by atoms with van der Waals surface area (Å²) in [4.78, 5) is 12.2. The Morgan fingerprint density at radius 1 is 1.30 bits per heavy atom. The first-order valence-electron chi connectivity index (χ1n) is 6.77. The first kappa shape index (κ1) is 15.0. The molecule has 1 saturated heterocycles. The topological polar surface area (TPSA) is 75.3 Å². The molecule has 110 valence electrons. The summed E-state index contributed by atoms with van der Waals surface area (Å²) in [5.41, 5.74) is 0.890. The highest BCUT2D eigenvalue weighted by molar-refractivity contribution is 7.90. The molecular formula is C14H20N2O3S. The van der Waals surface area contributed by atoms with E-state index in [9.17, 15) is 13.2 Å². The second-order valence-corrected chi connectivity index (χ2v) is 7.15. The molecule has 6 heteroatoms. The SMILES string of the molecule is CS(=O)(=O)c1ccc(CNC(=O)[C@H]2CCCCN2)cc1. The van der Waals surface area contributed by atoms with Gasteiger partial charge in [0, 0.05) is 12.8 Å². The quantitative estimate of drug-likeness (QED) is 0.863. The van der Waals surface area contributed by atoms with Gasteiger partial charge < -0.3 is 10.6 Å². The molecule has 1 fully saturated rings. The molecule has 0 bridgehead atoms. The van der Waals surface area contributed by atoms with Gasteiger partial charge in [0.1, 0.15) is 0 Å². The van der Waals surface area contributed by atoms with Crippen LogP contribution in [0.1, 0.15) is 24.8 Å². The van der Waals surface area contributed by atoms with Crippen LogP contribution in [0.3, 0.4) is 0 Å². The highest BCUT2D eigenvalue weighted by Gasteiger charge is 2.19. The van der Waals surface area contributed by atoms with E-state index >= 15 is 0 Å². The minimum Gasteiger partial charge on any atom is -0.351 e. The van der Waals surface area contributed by atoms with Crippen molar-refractivity contribution in [3.05, 3.63) is 29.8 Å². The number of carbonyl (C=O) groups excluding carboxylic acids is 1. The van der Waals surface area contributed by atoms with Crippen LogP contribution in [0.15, 0.2) is 29.2 Å². The van der Waals surface area contributed by atoms with Gasteiger partial charge in [-0.15, -0.1) is 0 Å². The molecule has 0 aliphatic carbocycles. The maximum Gasteiger partial charge on any atom is 0.237 e. The summed E-state index contributed by atoms with van der Waals surface area (Å²) in [6.45, 7) is 1.31. The zero-order valence-corrected chi connectivity index (χ0v) is 12.4. The lowest BCUT2D eigenvalue weighted by molar-refractivity contribution is -0.123. The molecule has 0 radical (unpaired) electrons. The third kappa shape index (κ3) is 4.05. The molecule has 2 rings (SSSR count). The van der Waals surface area contributed by atoms with Crippen LogP contribution in [-0.2, 0) is 21.2 Å². The van der Waals surface area contributed by atoms with Gasteiger partial charge in [-0.1, -0.05) is 18.6 Å². The second-order valence-electron chi connectivity index (χ2n) is 5.14. The second kappa shape index (κ2) is 6.37. The van der Waals surface area contributed by atoms with E-state index in [2.05, 4.69) is 10.6 Å². The van der Waals surface area contributed by atoms with Crippen LogP contribution in [0.2, 0.25) is 0 Å². The van der Waals surface area contributed by atoms with Gasteiger partial charge >= 0.3 is 0 Å². The summed E-state index contributed by atoms with van der Waals surface area (Å²) >= 11 is 0. The fourth-order valence-electron chi connectivity index (χ4n) is 2.24. The summed E-state index contributed by atoms with van der Waals surface area (Å²) in [5.74, 6) is 0.0110. The number of sulfone groups is 1. The third-order valence-electron chi connectivity index (χ3n) is 3.45. The lowest BCUT2D eigenvalue weighted by atomic mass is 10.0. The van der Waals surface area contributed by atoms with Gasteiger partial charge in [-0.2, -0.15) is 0 Å². The van der Waals surface area contributed by atoms with E-state index in [1.165, 1.54) is 6.26 Å². The van der Waals surface area contributed by atoms with Crippen LogP contribution in [0.25, 0.3) is 0 Å². The van der Waals surface area contributed by atoms with Crippen molar-refractivity contribution >= 4 is 15.7 Å². The van der Waals surface area contributed by atoms with Crippen LogP contribution in [-0.4, -0.2) is 33.2 Å². The monoisotopic (exact) mass is 296 g/mol. The normalized spacial score (nSPS) is 19.6. The highest BCUT2D eigenvalue weighted by atomic mass is 32.2. The molecule has 0 spiro atoms. The van der Waals surface area contributed by atoms with Gasteiger partial charge in [-0.3, -0.25) is 4.79 Å². The molecule has 1 aromatic carbocycles.